The van der Waals surface area contributed by atoms with E-state index in [1.807, 2.05) is 0 Å². The van der Waals surface area contributed by atoms with Crippen molar-refractivity contribution in [1.82, 2.24) is 9.97 Å². The number of nitrogens with zero attached hydrogens (tertiary/aromatic N) is 2. The average molecular weight is 173 g/mol. The van der Waals surface area contributed by atoms with Crippen molar-refractivity contribution in [3.63, 3.8) is 0 Å². The van der Waals surface area contributed by atoms with E-state index in [1.165, 1.54) is 13.3 Å². The Morgan fingerprint density at radius 2 is 2.45 bits per heavy atom. The number of carbonyl (C=O) groups excluding carboxylic acids is 1. The van der Waals surface area contributed by atoms with Gasteiger partial charge in [-0.3, -0.25) is 4.79 Å². The first-order valence-corrected chi connectivity index (χ1v) is 3.17. The van der Waals surface area contributed by atoms with E-state index in [0.29, 0.717) is 6.29 Å². The van der Waals surface area contributed by atoms with Gasteiger partial charge in [-0.25, -0.2) is 4.98 Å². The molecule has 0 aliphatic heterocycles. The number of methoxy groups -OCH3 is 1. The molecule has 5 heteroatoms. The molecule has 0 unspecified atom stereocenters. The molecule has 0 atom stereocenters. The summed E-state index contributed by atoms with van der Waals surface area (Å²) in [7, 11) is 1.41. The highest BCUT2D eigenvalue weighted by molar-refractivity contribution is 6.28. The molecule has 4 nitrogen and oxygen atoms in total. The van der Waals surface area contributed by atoms with Gasteiger partial charge < -0.3 is 4.74 Å². The van der Waals surface area contributed by atoms with E-state index in [-0.39, 0.29) is 16.7 Å². The SMILES string of the molecule is COc1nc(Cl)ncc1C=O. The third-order valence-electron chi connectivity index (χ3n) is 1.07. The van der Waals surface area contributed by atoms with Crippen molar-refractivity contribution in [3.05, 3.63) is 17.0 Å². The summed E-state index contributed by atoms with van der Waals surface area (Å²) < 4.78 is 4.75. The van der Waals surface area contributed by atoms with Crippen LogP contribution in [0.1, 0.15) is 10.4 Å². The number of carbonyl (C=O) groups is 1. The molecule has 0 saturated carbocycles. The molecule has 1 aromatic rings. The average Bonchev–Trinajstić information content (AvgIpc) is 2.04. The molecule has 0 bridgehead atoms. The van der Waals surface area contributed by atoms with Crippen LogP contribution < -0.4 is 4.74 Å². The lowest BCUT2D eigenvalue weighted by atomic mass is 10.4. The van der Waals surface area contributed by atoms with Gasteiger partial charge in [0.25, 0.3) is 0 Å². The van der Waals surface area contributed by atoms with E-state index in [9.17, 15) is 4.79 Å². The second-order valence-corrected chi connectivity index (χ2v) is 2.06. The fraction of sp³-hybridized carbons (Fsp3) is 0.167. The summed E-state index contributed by atoms with van der Waals surface area (Å²) in [6, 6.07) is 0. The van der Waals surface area contributed by atoms with E-state index in [2.05, 4.69) is 9.97 Å². The first-order valence-electron chi connectivity index (χ1n) is 2.79. The van der Waals surface area contributed by atoms with Gasteiger partial charge in [0, 0.05) is 6.20 Å². The van der Waals surface area contributed by atoms with Gasteiger partial charge in [0.2, 0.25) is 11.2 Å². The van der Waals surface area contributed by atoms with E-state index in [0.717, 1.165) is 0 Å². The fourth-order valence-electron chi connectivity index (χ4n) is 0.600. The molecule has 58 valence electrons. The summed E-state index contributed by atoms with van der Waals surface area (Å²) in [5, 5.41) is 0.0625. The minimum atomic E-state index is 0.0625. The molecule has 1 aromatic heterocycles. The fourth-order valence-corrected chi connectivity index (χ4v) is 0.725. The summed E-state index contributed by atoms with van der Waals surface area (Å²) in [4.78, 5) is 17.6. The summed E-state index contributed by atoms with van der Waals surface area (Å²) >= 11 is 5.43. The third-order valence-corrected chi connectivity index (χ3v) is 1.25. The molecule has 1 rings (SSSR count). The smallest absolute Gasteiger partial charge is 0.228 e. The van der Waals surface area contributed by atoms with Gasteiger partial charge in [-0.2, -0.15) is 4.98 Å². The number of ether oxygens (including phenoxy) is 1. The van der Waals surface area contributed by atoms with E-state index >= 15 is 0 Å². The molecule has 0 amide bonds. The van der Waals surface area contributed by atoms with Gasteiger partial charge >= 0.3 is 0 Å². The Morgan fingerprint density at radius 3 is 3.00 bits per heavy atom. The van der Waals surface area contributed by atoms with Crippen LogP contribution in [0.3, 0.4) is 0 Å². The summed E-state index contributed by atoms with van der Waals surface area (Å²) in [5.41, 5.74) is 0.289. The van der Waals surface area contributed by atoms with Crippen LogP contribution >= 0.6 is 11.6 Å². The van der Waals surface area contributed by atoms with Crippen molar-refractivity contribution >= 4 is 17.9 Å². The standard InChI is InChI=1S/C6H5ClN2O2/c1-11-5-4(3-10)2-8-6(7)9-5/h2-3H,1H3. The Hall–Kier alpha value is -1.16. The Balaban J connectivity index is 3.16. The number of aromatic nitrogens is 2. The molecule has 0 saturated heterocycles. The Bertz CT molecular complexity index is 277. The van der Waals surface area contributed by atoms with Gasteiger partial charge in [0.15, 0.2) is 6.29 Å². The van der Waals surface area contributed by atoms with Crippen LogP contribution in [0.2, 0.25) is 5.28 Å². The Labute approximate surface area is 68.2 Å². The molecule has 0 aromatic carbocycles. The molecule has 0 fully saturated rings. The van der Waals surface area contributed by atoms with Crippen molar-refractivity contribution in [2.45, 2.75) is 0 Å². The second-order valence-electron chi connectivity index (χ2n) is 1.72. The lowest BCUT2D eigenvalue weighted by Crippen LogP contribution is -1.95. The zero-order valence-corrected chi connectivity index (χ0v) is 6.50. The lowest BCUT2D eigenvalue weighted by Gasteiger charge is -1.99. The summed E-state index contributed by atoms with van der Waals surface area (Å²) in [6.45, 7) is 0. The van der Waals surface area contributed by atoms with Gasteiger partial charge in [-0.15, -0.1) is 0 Å². The number of hydrogen-bond acceptors (Lipinski definition) is 4. The number of rotatable bonds is 2. The first-order chi connectivity index (χ1) is 5.27. The van der Waals surface area contributed by atoms with Crippen LogP contribution in [0.4, 0.5) is 0 Å². The highest BCUT2D eigenvalue weighted by Gasteiger charge is 2.03. The minimum Gasteiger partial charge on any atom is -0.480 e. The number of halogens is 1. The topological polar surface area (TPSA) is 52.1 Å². The maximum absolute atomic E-state index is 10.3. The molecule has 1 heterocycles. The molecular formula is C6H5ClN2O2. The summed E-state index contributed by atoms with van der Waals surface area (Å²) in [5.74, 6) is 0.194. The summed E-state index contributed by atoms with van der Waals surface area (Å²) in [6.07, 6.45) is 1.91. The predicted molar refractivity (Wildman–Crippen MR) is 39.0 cm³/mol. The van der Waals surface area contributed by atoms with E-state index in [4.69, 9.17) is 16.3 Å². The third kappa shape index (κ3) is 1.65. The zero-order valence-electron chi connectivity index (χ0n) is 5.74. The van der Waals surface area contributed by atoms with Crippen molar-refractivity contribution in [3.8, 4) is 5.88 Å². The van der Waals surface area contributed by atoms with Crippen molar-refractivity contribution < 1.29 is 9.53 Å². The maximum atomic E-state index is 10.3. The van der Waals surface area contributed by atoms with Crippen LogP contribution in [-0.2, 0) is 0 Å². The second kappa shape index (κ2) is 3.30. The molecule has 0 N–H and O–H groups in total. The number of hydrogen-bond donors (Lipinski definition) is 0. The van der Waals surface area contributed by atoms with Crippen molar-refractivity contribution in [1.29, 1.82) is 0 Å². The van der Waals surface area contributed by atoms with Crippen molar-refractivity contribution in [2.75, 3.05) is 7.11 Å². The maximum Gasteiger partial charge on any atom is 0.228 e. The van der Waals surface area contributed by atoms with Crippen LogP contribution in [0.15, 0.2) is 6.20 Å². The predicted octanol–water partition coefficient (Wildman–Crippen LogP) is 0.951. The lowest BCUT2D eigenvalue weighted by molar-refractivity contribution is 0.111. The highest BCUT2D eigenvalue weighted by Crippen LogP contribution is 2.13. The quantitative estimate of drug-likeness (QED) is 0.492. The van der Waals surface area contributed by atoms with Gasteiger partial charge in [-0.05, 0) is 11.6 Å². The van der Waals surface area contributed by atoms with Gasteiger partial charge in [0.05, 0.1) is 12.7 Å². The van der Waals surface area contributed by atoms with Crippen LogP contribution in [0, 0.1) is 0 Å². The first kappa shape index (κ1) is 7.94. The molecule has 11 heavy (non-hydrogen) atoms. The highest BCUT2D eigenvalue weighted by atomic mass is 35.5. The zero-order chi connectivity index (χ0) is 8.27. The van der Waals surface area contributed by atoms with Crippen LogP contribution in [0.25, 0.3) is 0 Å². The van der Waals surface area contributed by atoms with Gasteiger partial charge in [-0.1, -0.05) is 0 Å². The molecule has 0 aliphatic rings. The molecular weight excluding hydrogens is 168 g/mol. The minimum absolute atomic E-state index is 0.0625. The van der Waals surface area contributed by atoms with E-state index < -0.39 is 0 Å². The normalized spacial score (nSPS) is 9.27. The molecule has 0 spiro atoms. The van der Waals surface area contributed by atoms with Gasteiger partial charge in [0.1, 0.15) is 0 Å². The molecule has 0 radical (unpaired) electrons. The van der Waals surface area contributed by atoms with E-state index in [1.54, 1.807) is 0 Å². The number of aldehydes is 1. The Morgan fingerprint density at radius 1 is 1.73 bits per heavy atom. The monoisotopic (exact) mass is 172 g/mol. The largest absolute Gasteiger partial charge is 0.480 e. The molecule has 0 aliphatic carbocycles. The van der Waals surface area contributed by atoms with Crippen molar-refractivity contribution in [2.24, 2.45) is 0 Å². The van der Waals surface area contributed by atoms with Crippen LogP contribution in [0.5, 0.6) is 5.88 Å². The Kier molecular flexibility index (Phi) is 2.38. The van der Waals surface area contributed by atoms with Crippen LogP contribution in [-0.4, -0.2) is 23.4 Å².